The number of hydrogen-bond acceptors (Lipinski definition) is 3. The summed E-state index contributed by atoms with van der Waals surface area (Å²) in [5, 5.41) is 12.0. The normalized spacial score (nSPS) is 20.8. The molecule has 2 N–H and O–H groups in total. The topological polar surface area (TPSA) is 62.2 Å². The van der Waals surface area contributed by atoms with E-state index < -0.39 is 5.97 Å². The third kappa shape index (κ3) is 2.22. The van der Waals surface area contributed by atoms with Gasteiger partial charge in [0.25, 0.3) is 0 Å². The molecule has 1 unspecified atom stereocenters. The fourth-order valence-electron chi connectivity index (χ4n) is 1.65. The lowest BCUT2D eigenvalue weighted by atomic mass is 10.00. The van der Waals surface area contributed by atoms with Crippen LogP contribution in [0.25, 0.3) is 0 Å². The largest absolute Gasteiger partial charge is 0.478 e. The Hall–Kier alpha value is -1.68. The van der Waals surface area contributed by atoms with Gasteiger partial charge in [-0.05, 0) is 18.1 Å². The Morgan fingerprint density at radius 1 is 1.60 bits per heavy atom. The van der Waals surface area contributed by atoms with Gasteiger partial charge in [0.1, 0.15) is 0 Å². The first-order valence-electron chi connectivity index (χ1n) is 4.83. The van der Waals surface area contributed by atoms with Crippen LogP contribution in [0.15, 0.2) is 36.2 Å². The third-order valence-electron chi connectivity index (χ3n) is 2.50. The molecule has 78 valence electrons. The molecular weight excluding hydrogens is 192 g/mol. The van der Waals surface area contributed by atoms with Gasteiger partial charge in [-0.25, -0.2) is 4.79 Å². The fourth-order valence-corrected chi connectivity index (χ4v) is 1.65. The summed E-state index contributed by atoms with van der Waals surface area (Å²) in [6.45, 7) is 0.412. The summed E-state index contributed by atoms with van der Waals surface area (Å²) in [4.78, 5) is 14.7. The highest BCUT2D eigenvalue weighted by Gasteiger charge is 2.18. The van der Waals surface area contributed by atoms with Gasteiger partial charge >= 0.3 is 5.97 Å². The van der Waals surface area contributed by atoms with Crippen LogP contribution < -0.4 is 5.32 Å². The van der Waals surface area contributed by atoms with Gasteiger partial charge in [-0.2, -0.15) is 0 Å². The first kappa shape index (κ1) is 9.86. The predicted molar refractivity (Wildman–Crippen MR) is 55.3 cm³/mol. The van der Waals surface area contributed by atoms with Crippen molar-refractivity contribution in [1.82, 2.24) is 10.3 Å². The average Bonchev–Trinajstić information content (AvgIpc) is 2.30. The molecule has 0 amide bonds. The number of aromatic nitrogens is 1. The second kappa shape index (κ2) is 4.23. The van der Waals surface area contributed by atoms with E-state index in [9.17, 15) is 4.79 Å². The highest BCUT2D eigenvalue weighted by atomic mass is 16.4. The quantitative estimate of drug-likeness (QED) is 0.758. The molecule has 1 aliphatic rings. The van der Waals surface area contributed by atoms with Crippen LogP contribution >= 0.6 is 0 Å². The lowest BCUT2D eigenvalue weighted by molar-refractivity contribution is -0.132. The molecule has 0 radical (unpaired) electrons. The lowest BCUT2D eigenvalue weighted by Crippen LogP contribution is -2.29. The Balaban J connectivity index is 2.09. The zero-order valence-corrected chi connectivity index (χ0v) is 8.18. The van der Waals surface area contributed by atoms with Crippen LogP contribution in [-0.2, 0) is 4.79 Å². The molecule has 0 saturated heterocycles. The van der Waals surface area contributed by atoms with E-state index in [1.165, 1.54) is 0 Å². The first-order chi connectivity index (χ1) is 7.27. The predicted octanol–water partition coefficient (Wildman–Crippen LogP) is 1.13. The molecule has 0 spiro atoms. The van der Waals surface area contributed by atoms with Gasteiger partial charge in [0.15, 0.2) is 0 Å². The van der Waals surface area contributed by atoms with Crippen LogP contribution in [0.5, 0.6) is 0 Å². The highest BCUT2D eigenvalue weighted by molar-refractivity contribution is 5.87. The van der Waals surface area contributed by atoms with Gasteiger partial charge in [-0.1, -0.05) is 12.1 Å². The van der Waals surface area contributed by atoms with Gasteiger partial charge in [-0.15, -0.1) is 0 Å². The maximum Gasteiger partial charge on any atom is 0.332 e. The average molecular weight is 204 g/mol. The number of pyridine rings is 1. The molecule has 2 rings (SSSR count). The monoisotopic (exact) mass is 204 g/mol. The van der Waals surface area contributed by atoms with Crippen molar-refractivity contribution in [3.8, 4) is 0 Å². The number of nitrogens with one attached hydrogen (secondary N) is 1. The van der Waals surface area contributed by atoms with Crippen molar-refractivity contribution in [3.63, 3.8) is 0 Å². The molecule has 0 aromatic carbocycles. The van der Waals surface area contributed by atoms with E-state index in [1.807, 2.05) is 12.1 Å². The molecule has 4 heteroatoms. The Bertz CT molecular complexity index is 387. The van der Waals surface area contributed by atoms with Crippen molar-refractivity contribution in [3.05, 3.63) is 41.7 Å². The Morgan fingerprint density at radius 2 is 2.47 bits per heavy atom. The van der Waals surface area contributed by atoms with E-state index >= 15 is 0 Å². The molecule has 1 aromatic heterocycles. The number of carbonyl (C=O) groups is 1. The molecule has 1 aliphatic heterocycles. The Labute approximate surface area is 87.7 Å². The van der Waals surface area contributed by atoms with Crippen LogP contribution in [0.1, 0.15) is 18.0 Å². The minimum atomic E-state index is -0.841. The zero-order chi connectivity index (χ0) is 10.7. The Kier molecular flexibility index (Phi) is 2.78. The van der Waals surface area contributed by atoms with Crippen molar-refractivity contribution in [2.75, 3.05) is 6.54 Å². The summed E-state index contributed by atoms with van der Waals surface area (Å²) in [6.07, 6.45) is 6.01. The molecule has 0 fully saturated rings. The van der Waals surface area contributed by atoms with E-state index in [2.05, 4.69) is 10.3 Å². The number of hydrogen-bond donors (Lipinski definition) is 2. The Morgan fingerprint density at radius 3 is 3.00 bits per heavy atom. The van der Waals surface area contributed by atoms with Crippen LogP contribution in [-0.4, -0.2) is 22.6 Å². The number of carboxylic acids is 1. The summed E-state index contributed by atoms with van der Waals surface area (Å²) in [5.74, 6) is -0.841. The highest BCUT2D eigenvalue weighted by Crippen LogP contribution is 2.20. The molecular formula is C11H12N2O2. The van der Waals surface area contributed by atoms with Crippen LogP contribution in [0.2, 0.25) is 0 Å². The van der Waals surface area contributed by atoms with Crippen LogP contribution in [0, 0.1) is 0 Å². The minimum Gasteiger partial charge on any atom is -0.478 e. The van der Waals surface area contributed by atoms with Crippen molar-refractivity contribution in [1.29, 1.82) is 0 Å². The minimum absolute atomic E-state index is 0.182. The van der Waals surface area contributed by atoms with Gasteiger partial charge in [0, 0.05) is 30.6 Å². The fraction of sp³-hybridized carbons (Fsp3) is 0.273. The van der Waals surface area contributed by atoms with Crippen LogP contribution in [0.3, 0.4) is 0 Å². The summed E-state index contributed by atoms with van der Waals surface area (Å²) in [7, 11) is 0. The van der Waals surface area contributed by atoms with Crippen molar-refractivity contribution in [2.45, 2.75) is 12.5 Å². The second-order valence-corrected chi connectivity index (χ2v) is 3.49. The van der Waals surface area contributed by atoms with Crippen molar-refractivity contribution >= 4 is 5.97 Å². The number of carboxylic acid groups (broad SMARTS) is 1. The number of aliphatic carboxylic acids is 1. The maximum atomic E-state index is 10.7. The molecule has 4 nitrogen and oxygen atoms in total. The van der Waals surface area contributed by atoms with Gasteiger partial charge in [0.2, 0.25) is 0 Å². The zero-order valence-electron chi connectivity index (χ0n) is 8.18. The summed E-state index contributed by atoms with van der Waals surface area (Å²) >= 11 is 0. The van der Waals surface area contributed by atoms with E-state index in [0.29, 0.717) is 18.5 Å². The number of nitrogens with zero attached hydrogens (tertiary/aromatic N) is 1. The van der Waals surface area contributed by atoms with Crippen LogP contribution in [0.4, 0.5) is 0 Å². The summed E-state index contributed by atoms with van der Waals surface area (Å²) in [6, 6.07) is 4.05. The smallest absolute Gasteiger partial charge is 0.332 e. The molecule has 0 saturated carbocycles. The standard InChI is InChI=1S/C11H12N2O2/c14-11(15)9-3-4-10(13-7-9)8-2-1-5-12-6-8/h1-3,5-6,10,13H,4,7H2,(H,14,15). The molecule has 2 heterocycles. The second-order valence-electron chi connectivity index (χ2n) is 3.49. The molecule has 1 atom stereocenters. The summed E-state index contributed by atoms with van der Waals surface area (Å²) < 4.78 is 0. The first-order valence-corrected chi connectivity index (χ1v) is 4.83. The lowest BCUT2D eigenvalue weighted by Gasteiger charge is -2.22. The molecule has 15 heavy (non-hydrogen) atoms. The molecule has 0 aliphatic carbocycles. The van der Waals surface area contributed by atoms with E-state index in [1.54, 1.807) is 18.5 Å². The van der Waals surface area contributed by atoms with Gasteiger partial charge in [0.05, 0.1) is 0 Å². The SMILES string of the molecule is O=C(O)C1=CCC(c2cccnc2)NC1. The summed E-state index contributed by atoms with van der Waals surface area (Å²) in [5.41, 5.74) is 1.54. The van der Waals surface area contributed by atoms with Gasteiger partial charge < -0.3 is 10.4 Å². The van der Waals surface area contributed by atoms with E-state index in [4.69, 9.17) is 5.11 Å². The van der Waals surface area contributed by atoms with Gasteiger partial charge in [-0.3, -0.25) is 4.98 Å². The van der Waals surface area contributed by atoms with Crippen molar-refractivity contribution < 1.29 is 9.90 Å². The molecule has 0 bridgehead atoms. The third-order valence-corrected chi connectivity index (χ3v) is 2.50. The van der Waals surface area contributed by atoms with Crippen molar-refractivity contribution in [2.24, 2.45) is 0 Å². The number of rotatable bonds is 2. The van der Waals surface area contributed by atoms with E-state index in [0.717, 1.165) is 5.56 Å². The van der Waals surface area contributed by atoms with E-state index in [-0.39, 0.29) is 6.04 Å². The maximum absolute atomic E-state index is 10.7. The molecule has 1 aromatic rings.